The molecule has 4 nitrogen and oxygen atoms in total. The van der Waals surface area contributed by atoms with E-state index in [0.29, 0.717) is 11.6 Å². The molecule has 0 aliphatic rings. The van der Waals surface area contributed by atoms with E-state index >= 15 is 0 Å². The smallest absolute Gasteiger partial charge is 0.317 e. The van der Waals surface area contributed by atoms with Crippen molar-refractivity contribution < 1.29 is 9.53 Å². The van der Waals surface area contributed by atoms with Crippen LogP contribution >= 0.6 is 11.6 Å². The number of methoxy groups -OCH3 is 1. The number of rotatable bonds is 6. The third-order valence-corrected chi connectivity index (χ3v) is 4.35. The lowest BCUT2D eigenvalue weighted by Gasteiger charge is -2.26. The van der Waals surface area contributed by atoms with Gasteiger partial charge >= 0.3 is 6.03 Å². The first-order valence-corrected chi connectivity index (χ1v) is 8.28. The highest BCUT2D eigenvalue weighted by atomic mass is 35.5. The molecule has 2 amide bonds. The summed E-state index contributed by atoms with van der Waals surface area (Å²) in [5, 5.41) is 3.66. The standard InChI is InChI=1S/C19H23ClN2O2/c1-14(17-6-4-5-7-18(17)24-3)22(2)19(23)21-13-12-15-8-10-16(20)11-9-15/h4-11,14H,12-13H2,1-3H3,(H,21,23). The van der Waals surface area contributed by atoms with Crippen molar-refractivity contribution in [1.82, 2.24) is 10.2 Å². The van der Waals surface area contributed by atoms with Gasteiger partial charge in [0.1, 0.15) is 5.75 Å². The number of carbonyl (C=O) groups is 1. The van der Waals surface area contributed by atoms with Crippen molar-refractivity contribution in [2.75, 3.05) is 20.7 Å². The van der Waals surface area contributed by atoms with E-state index in [1.54, 1.807) is 19.1 Å². The van der Waals surface area contributed by atoms with Gasteiger partial charge in [-0.3, -0.25) is 0 Å². The van der Waals surface area contributed by atoms with Gasteiger partial charge in [0, 0.05) is 24.2 Å². The van der Waals surface area contributed by atoms with Crippen molar-refractivity contribution in [3.8, 4) is 5.75 Å². The van der Waals surface area contributed by atoms with Crippen LogP contribution in [0.25, 0.3) is 0 Å². The van der Waals surface area contributed by atoms with Gasteiger partial charge in [-0.2, -0.15) is 0 Å². The van der Waals surface area contributed by atoms with Crippen LogP contribution in [-0.4, -0.2) is 31.6 Å². The van der Waals surface area contributed by atoms with Crippen molar-refractivity contribution in [2.24, 2.45) is 0 Å². The highest BCUT2D eigenvalue weighted by Crippen LogP contribution is 2.27. The monoisotopic (exact) mass is 346 g/mol. The fourth-order valence-corrected chi connectivity index (χ4v) is 2.61. The average molecular weight is 347 g/mol. The molecule has 2 aromatic rings. The molecule has 0 aliphatic heterocycles. The summed E-state index contributed by atoms with van der Waals surface area (Å²) in [5.41, 5.74) is 2.12. The Labute approximate surface area is 148 Å². The molecule has 1 atom stereocenters. The van der Waals surface area contributed by atoms with Crippen LogP contribution in [0.15, 0.2) is 48.5 Å². The van der Waals surface area contributed by atoms with Crippen LogP contribution in [0.5, 0.6) is 5.75 Å². The largest absolute Gasteiger partial charge is 0.496 e. The van der Waals surface area contributed by atoms with Crippen LogP contribution in [0.2, 0.25) is 5.02 Å². The number of nitrogens with one attached hydrogen (secondary N) is 1. The molecule has 0 fully saturated rings. The maximum atomic E-state index is 12.4. The highest BCUT2D eigenvalue weighted by Gasteiger charge is 2.19. The molecule has 0 bridgehead atoms. The molecule has 128 valence electrons. The fraction of sp³-hybridized carbons (Fsp3) is 0.316. The third-order valence-electron chi connectivity index (χ3n) is 4.09. The van der Waals surface area contributed by atoms with Crippen molar-refractivity contribution in [3.63, 3.8) is 0 Å². The van der Waals surface area contributed by atoms with E-state index in [1.807, 2.05) is 55.5 Å². The molecule has 0 aliphatic carbocycles. The molecule has 0 spiro atoms. The van der Waals surface area contributed by atoms with E-state index in [9.17, 15) is 4.79 Å². The normalized spacial score (nSPS) is 11.7. The van der Waals surface area contributed by atoms with Gasteiger partial charge in [-0.1, -0.05) is 41.9 Å². The number of urea groups is 1. The van der Waals surface area contributed by atoms with Gasteiger partial charge in [-0.15, -0.1) is 0 Å². The van der Waals surface area contributed by atoms with E-state index in [4.69, 9.17) is 16.3 Å². The Morgan fingerprint density at radius 2 is 1.88 bits per heavy atom. The van der Waals surface area contributed by atoms with E-state index < -0.39 is 0 Å². The van der Waals surface area contributed by atoms with Crippen molar-refractivity contribution in [3.05, 3.63) is 64.7 Å². The molecule has 1 unspecified atom stereocenters. The lowest BCUT2D eigenvalue weighted by Crippen LogP contribution is -2.39. The first kappa shape index (κ1) is 18.1. The van der Waals surface area contributed by atoms with E-state index in [-0.39, 0.29) is 12.1 Å². The Kier molecular flexibility index (Phi) is 6.50. The van der Waals surface area contributed by atoms with E-state index in [1.165, 1.54) is 0 Å². The summed E-state index contributed by atoms with van der Waals surface area (Å²) >= 11 is 5.87. The first-order valence-electron chi connectivity index (χ1n) is 7.91. The third kappa shape index (κ3) is 4.65. The van der Waals surface area contributed by atoms with E-state index in [2.05, 4.69) is 5.32 Å². The number of ether oxygens (including phenoxy) is 1. The summed E-state index contributed by atoms with van der Waals surface area (Å²) < 4.78 is 5.38. The Balaban J connectivity index is 1.90. The van der Waals surface area contributed by atoms with E-state index in [0.717, 1.165) is 23.3 Å². The Hall–Kier alpha value is -2.20. The van der Waals surface area contributed by atoms with Crippen molar-refractivity contribution in [2.45, 2.75) is 19.4 Å². The van der Waals surface area contributed by atoms with Crippen LogP contribution in [-0.2, 0) is 6.42 Å². The van der Waals surface area contributed by atoms with Gasteiger partial charge in [0.2, 0.25) is 0 Å². The zero-order valence-corrected chi connectivity index (χ0v) is 15.0. The minimum Gasteiger partial charge on any atom is -0.496 e. The summed E-state index contributed by atoms with van der Waals surface area (Å²) in [6.07, 6.45) is 0.764. The first-order chi connectivity index (χ1) is 11.5. The quantitative estimate of drug-likeness (QED) is 0.847. The number of amides is 2. The van der Waals surface area contributed by atoms with Crippen LogP contribution in [0.3, 0.4) is 0 Å². The number of halogens is 1. The molecule has 0 aromatic heterocycles. The molecule has 2 aromatic carbocycles. The maximum absolute atomic E-state index is 12.4. The SMILES string of the molecule is COc1ccccc1C(C)N(C)C(=O)NCCc1ccc(Cl)cc1. The molecular formula is C19H23ClN2O2. The van der Waals surface area contributed by atoms with Gasteiger partial charge in [0.05, 0.1) is 13.2 Å². The number of hydrogen-bond donors (Lipinski definition) is 1. The van der Waals surface area contributed by atoms with Gasteiger partial charge in [0.15, 0.2) is 0 Å². The second-order valence-electron chi connectivity index (χ2n) is 5.64. The van der Waals surface area contributed by atoms with Crippen LogP contribution in [0, 0.1) is 0 Å². The second-order valence-corrected chi connectivity index (χ2v) is 6.07. The lowest BCUT2D eigenvalue weighted by atomic mass is 10.1. The molecule has 0 saturated carbocycles. The highest BCUT2D eigenvalue weighted by molar-refractivity contribution is 6.30. The second kappa shape index (κ2) is 8.60. The van der Waals surface area contributed by atoms with Crippen molar-refractivity contribution >= 4 is 17.6 Å². The molecule has 2 rings (SSSR count). The lowest BCUT2D eigenvalue weighted by molar-refractivity contribution is 0.193. The van der Waals surface area contributed by atoms with Gasteiger partial charge in [-0.25, -0.2) is 4.79 Å². The minimum absolute atomic E-state index is 0.0864. The minimum atomic E-state index is -0.109. The summed E-state index contributed by atoms with van der Waals surface area (Å²) in [6.45, 7) is 2.56. The topological polar surface area (TPSA) is 41.6 Å². The predicted octanol–water partition coefficient (Wildman–Crippen LogP) is 4.29. The zero-order valence-electron chi connectivity index (χ0n) is 14.3. The molecule has 5 heteroatoms. The van der Waals surface area contributed by atoms with Gasteiger partial charge in [0.25, 0.3) is 0 Å². The molecule has 0 saturated heterocycles. The Morgan fingerprint density at radius 1 is 1.21 bits per heavy atom. The van der Waals surface area contributed by atoms with Gasteiger partial charge < -0.3 is 15.0 Å². The van der Waals surface area contributed by atoms with Crippen LogP contribution in [0.1, 0.15) is 24.1 Å². The summed E-state index contributed by atoms with van der Waals surface area (Å²) in [5.74, 6) is 0.783. The number of hydrogen-bond acceptors (Lipinski definition) is 2. The predicted molar refractivity (Wildman–Crippen MR) is 97.7 cm³/mol. The molecule has 24 heavy (non-hydrogen) atoms. The number of para-hydroxylation sites is 1. The van der Waals surface area contributed by atoms with Crippen molar-refractivity contribution in [1.29, 1.82) is 0 Å². The van der Waals surface area contributed by atoms with Crippen LogP contribution in [0.4, 0.5) is 4.79 Å². The zero-order chi connectivity index (χ0) is 17.5. The molecular weight excluding hydrogens is 324 g/mol. The average Bonchev–Trinajstić information content (AvgIpc) is 2.62. The summed E-state index contributed by atoms with van der Waals surface area (Å²) in [4.78, 5) is 14.0. The summed E-state index contributed by atoms with van der Waals surface area (Å²) in [6, 6.07) is 15.2. The number of nitrogens with zero attached hydrogens (tertiary/aromatic N) is 1. The number of benzene rings is 2. The Bertz CT molecular complexity index is 673. The van der Waals surface area contributed by atoms with Gasteiger partial charge in [-0.05, 0) is 37.1 Å². The maximum Gasteiger partial charge on any atom is 0.317 e. The summed E-state index contributed by atoms with van der Waals surface area (Å²) in [7, 11) is 3.42. The molecule has 0 radical (unpaired) electrons. The number of carbonyl (C=O) groups excluding carboxylic acids is 1. The molecule has 0 heterocycles. The fourth-order valence-electron chi connectivity index (χ4n) is 2.49. The van der Waals surface area contributed by atoms with Crippen LogP contribution < -0.4 is 10.1 Å². The molecule has 1 N–H and O–H groups in total. The Morgan fingerprint density at radius 3 is 2.54 bits per heavy atom.